The van der Waals surface area contributed by atoms with E-state index in [1.54, 1.807) is 25.3 Å². The first-order valence-electron chi connectivity index (χ1n) is 8.61. The Morgan fingerprint density at radius 2 is 1.44 bits per heavy atom. The molecule has 4 rings (SSSR count). The molecule has 0 unspecified atom stereocenters. The Balaban J connectivity index is 2.04. The zero-order chi connectivity index (χ0) is 18.8. The molecule has 0 fully saturated rings. The van der Waals surface area contributed by atoms with Crippen molar-refractivity contribution < 1.29 is 4.74 Å². The molecule has 0 bridgehead atoms. The van der Waals surface area contributed by atoms with E-state index in [1.807, 2.05) is 60.7 Å². The number of methoxy groups -OCH3 is 1. The van der Waals surface area contributed by atoms with Crippen LogP contribution in [-0.2, 0) is 0 Å². The fourth-order valence-electron chi connectivity index (χ4n) is 3.33. The number of rotatable bonds is 4. The molecule has 0 radical (unpaired) electrons. The Morgan fingerprint density at radius 1 is 0.852 bits per heavy atom. The summed E-state index contributed by atoms with van der Waals surface area (Å²) in [6, 6.07) is 23.6. The van der Waals surface area contributed by atoms with Gasteiger partial charge in [-0.05, 0) is 29.3 Å². The van der Waals surface area contributed by atoms with Gasteiger partial charge in [0.1, 0.15) is 5.75 Å². The van der Waals surface area contributed by atoms with Gasteiger partial charge in [0.2, 0.25) is 0 Å². The van der Waals surface area contributed by atoms with E-state index >= 15 is 0 Å². The summed E-state index contributed by atoms with van der Waals surface area (Å²) in [4.78, 5) is 29.0. The molecular formula is C22H18N2O3. The van der Waals surface area contributed by atoms with Crippen LogP contribution in [0.2, 0.25) is 0 Å². The Labute approximate surface area is 155 Å². The van der Waals surface area contributed by atoms with E-state index in [1.165, 1.54) is 4.57 Å². The third-order valence-corrected chi connectivity index (χ3v) is 4.63. The van der Waals surface area contributed by atoms with E-state index in [-0.39, 0.29) is 5.56 Å². The molecule has 0 atom stereocenters. The fraction of sp³-hybridized carbons (Fsp3) is 0.0909. The Hall–Kier alpha value is -3.60. The average Bonchev–Trinajstić information content (AvgIpc) is 2.72. The van der Waals surface area contributed by atoms with E-state index in [2.05, 4.69) is 4.98 Å². The number of H-pyrrole nitrogens is 1. The molecule has 0 aliphatic carbocycles. The van der Waals surface area contributed by atoms with Gasteiger partial charge in [-0.2, -0.15) is 0 Å². The van der Waals surface area contributed by atoms with E-state index in [0.29, 0.717) is 16.7 Å². The van der Waals surface area contributed by atoms with E-state index < -0.39 is 11.7 Å². The summed E-state index contributed by atoms with van der Waals surface area (Å²) >= 11 is 0. The number of hydrogen-bond donors (Lipinski definition) is 1. The van der Waals surface area contributed by atoms with Crippen LogP contribution in [0.4, 0.5) is 0 Å². The van der Waals surface area contributed by atoms with Crippen LogP contribution >= 0.6 is 0 Å². The maximum atomic E-state index is 13.3. The molecule has 0 spiro atoms. The zero-order valence-electron chi connectivity index (χ0n) is 14.8. The summed E-state index contributed by atoms with van der Waals surface area (Å²) in [7, 11) is 1.54. The molecule has 1 N–H and O–H groups in total. The number of aromatic amines is 1. The second-order valence-electron chi connectivity index (χ2n) is 6.24. The Kier molecular flexibility index (Phi) is 4.34. The number of benzene rings is 3. The molecule has 0 amide bonds. The van der Waals surface area contributed by atoms with Gasteiger partial charge in [-0.3, -0.25) is 4.79 Å². The molecule has 0 aliphatic rings. The molecule has 1 aromatic heterocycles. The minimum absolute atomic E-state index is 0.356. The van der Waals surface area contributed by atoms with Crippen molar-refractivity contribution in [3.8, 4) is 5.75 Å². The Bertz CT molecular complexity index is 1160. The van der Waals surface area contributed by atoms with Gasteiger partial charge in [0, 0.05) is 0 Å². The molecule has 5 heteroatoms. The molecule has 3 aromatic carbocycles. The van der Waals surface area contributed by atoms with Crippen LogP contribution in [-0.4, -0.2) is 16.7 Å². The van der Waals surface area contributed by atoms with Gasteiger partial charge >= 0.3 is 5.69 Å². The highest BCUT2D eigenvalue weighted by Gasteiger charge is 2.21. The lowest BCUT2D eigenvalue weighted by atomic mass is 9.98. The van der Waals surface area contributed by atoms with Gasteiger partial charge < -0.3 is 9.72 Å². The van der Waals surface area contributed by atoms with Gasteiger partial charge in [0.15, 0.2) is 0 Å². The van der Waals surface area contributed by atoms with Crippen molar-refractivity contribution >= 4 is 10.9 Å². The first-order valence-corrected chi connectivity index (χ1v) is 8.61. The second-order valence-corrected chi connectivity index (χ2v) is 6.24. The average molecular weight is 358 g/mol. The molecule has 134 valence electrons. The van der Waals surface area contributed by atoms with Gasteiger partial charge in [-0.1, -0.05) is 60.7 Å². The molecule has 27 heavy (non-hydrogen) atoms. The van der Waals surface area contributed by atoms with Gasteiger partial charge in [0.05, 0.1) is 24.1 Å². The lowest BCUT2D eigenvalue weighted by Crippen LogP contribution is -2.39. The van der Waals surface area contributed by atoms with Crippen molar-refractivity contribution in [2.24, 2.45) is 0 Å². The van der Waals surface area contributed by atoms with Gasteiger partial charge in [-0.25, -0.2) is 9.36 Å². The largest absolute Gasteiger partial charge is 0.497 e. The third kappa shape index (κ3) is 3.04. The topological polar surface area (TPSA) is 64.1 Å². The monoisotopic (exact) mass is 358 g/mol. The standard InChI is InChI=1S/C22H18N2O3/c1-27-17-12-13-19-18(14-17)21(25)24(22(26)23-19)20(15-8-4-2-5-9-15)16-10-6-3-7-11-16/h2-14,20H,1H3,(H,23,26). The van der Waals surface area contributed by atoms with Gasteiger partial charge in [-0.15, -0.1) is 0 Å². The van der Waals surface area contributed by atoms with E-state index in [4.69, 9.17) is 4.74 Å². The second kappa shape index (κ2) is 6.96. The summed E-state index contributed by atoms with van der Waals surface area (Å²) < 4.78 is 6.51. The molecular weight excluding hydrogens is 340 g/mol. The molecule has 5 nitrogen and oxygen atoms in total. The maximum Gasteiger partial charge on any atom is 0.329 e. The summed E-state index contributed by atoms with van der Waals surface area (Å²) in [6.45, 7) is 0. The number of fused-ring (bicyclic) bond motifs is 1. The first kappa shape index (κ1) is 16.8. The van der Waals surface area contributed by atoms with Gasteiger partial charge in [0.25, 0.3) is 5.56 Å². The van der Waals surface area contributed by atoms with Crippen LogP contribution < -0.4 is 16.0 Å². The van der Waals surface area contributed by atoms with E-state index in [0.717, 1.165) is 11.1 Å². The van der Waals surface area contributed by atoms with Crippen LogP contribution in [0.15, 0.2) is 88.5 Å². The van der Waals surface area contributed by atoms with Crippen LogP contribution in [0.1, 0.15) is 17.2 Å². The fourth-order valence-corrected chi connectivity index (χ4v) is 3.33. The predicted octanol–water partition coefficient (Wildman–Crippen LogP) is 3.34. The molecule has 0 saturated carbocycles. The minimum Gasteiger partial charge on any atom is -0.497 e. The first-order chi connectivity index (χ1) is 13.2. The summed E-state index contributed by atoms with van der Waals surface area (Å²) in [6.07, 6.45) is 0. The van der Waals surface area contributed by atoms with Crippen molar-refractivity contribution in [2.45, 2.75) is 6.04 Å². The minimum atomic E-state index is -0.528. The maximum absolute atomic E-state index is 13.3. The molecule has 4 aromatic rings. The Morgan fingerprint density at radius 3 is 2.00 bits per heavy atom. The quantitative estimate of drug-likeness (QED) is 0.609. The van der Waals surface area contributed by atoms with Crippen LogP contribution in [0.25, 0.3) is 10.9 Å². The SMILES string of the molecule is COc1ccc2[nH]c(=O)n(C(c3ccccc3)c3ccccc3)c(=O)c2c1. The van der Waals surface area contributed by atoms with Crippen LogP contribution in [0.3, 0.4) is 0 Å². The number of nitrogens with one attached hydrogen (secondary N) is 1. The lowest BCUT2D eigenvalue weighted by molar-refractivity contribution is 0.415. The van der Waals surface area contributed by atoms with Crippen molar-refractivity contribution in [2.75, 3.05) is 7.11 Å². The molecule has 1 heterocycles. The number of hydrogen-bond acceptors (Lipinski definition) is 3. The summed E-state index contributed by atoms with van der Waals surface area (Å²) in [5.41, 5.74) is 1.40. The third-order valence-electron chi connectivity index (χ3n) is 4.63. The lowest BCUT2D eigenvalue weighted by Gasteiger charge is -2.20. The molecule has 0 saturated heterocycles. The van der Waals surface area contributed by atoms with Crippen molar-refractivity contribution in [3.05, 3.63) is 111 Å². The normalized spacial score (nSPS) is 11.0. The zero-order valence-corrected chi connectivity index (χ0v) is 14.8. The number of aromatic nitrogens is 2. The van der Waals surface area contributed by atoms with Crippen LogP contribution in [0, 0.1) is 0 Å². The molecule has 0 aliphatic heterocycles. The highest BCUT2D eigenvalue weighted by Crippen LogP contribution is 2.25. The van der Waals surface area contributed by atoms with Crippen molar-refractivity contribution in [1.82, 2.24) is 9.55 Å². The van der Waals surface area contributed by atoms with Crippen molar-refractivity contribution in [1.29, 1.82) is 0 Å². The smallest absolute Gasteiger partial charge is 0.329 e. The number of nitrogens with zero attached hydrogens (tertiary/aromatic N) is 1. The predicted molar refractivity (Wildman–Crippen MR) is 106 cm³/mol. The van der Waals surface area contributed by atoms with E-state index in [9.17, 15) is 9.59 Å². The van der Waals surface area contributed by atoms with Crippen LogP contribution in [0.5, 0.6) is 5.75 Å². The number of ether oxygens (including phenoxy) is 1. The summed E-state index contributed by atoms with van der Waals surface area (Å²) in [5, 5.41) is 0.408. The summed E-state index contributed by atoms with van der Waals surface area (Å²) in [5.74, 6) is 0.564. The van der Waals surface area contributed by atoms with Crippen molar-refractivity contribution in [3.63, 3.8) is 0 Å². The highest BCUT2D eigenvalue weighted by molar-refractivity contribution is 5.79. The highest BCUT2D eigenvalue weighted by atomic mass is 16.5.